The van der Waals surface area contributed by atoms with E-state index in [0.717, 1.165) is 0 Å². The number of carbonyl (C=O) groups is 1. The number of alkyl halides is 1. The van der Waals surface area contributed by atoms with Gasteiger partial charge in [0.15, 0.2) is 0 Å². The molecule has 100 valence electrons. The Morgan fingerprint density at radius 3 is 2.67 bits per heavy atom. The summed E-state index contributed by atoms with van der Waals surface area (Å²) in [6, 6.07) is 0. The van der Waals surface area contributed by atoms with Crippen LogP contribution in [0.25, 0.3) is 0 Å². The number of nitrogens with one attached hydrogen (secondary N) is 2. The van der Waals surface area contributed by atoms with E-state index in [1.807, 2.05) is 0 Å². The van der Waals surface area contributed by atoms with Crippen molar-refractivity contribution in [1.29, 1.82) is 5.41 Å². The minimum atomic E-state index is -0.948. The molecule has 5 nitrogen and oxygen atoms in total. The first-order chi connectivity index (χ1) is 8.52. The zero-order valence-electron chi connectivity index (χ0n) is 10.6. The summed E-state index contributed by atoms with van der Waals surface area (Å²) in [6.07, 6.45) is 0.956. The van der Waals surface area contributed by atoms with Crippen molar-refractivity contribution in [3.8, 4) is 0 Å². The van der Waals surface area contributed by atoms with Crippen LogP contribution in [-0.2, 0) is 9.53 Å². The van der Waals surface area contributed by atoms with Gasteiger partial charge in [0, 0.05) is 18.8 Å². The lowest BCUT2D eigenvalue weighted by molar-refractivity contribution is -0.142. The van der Waals surface area contributed by atoms with Gasteiger partial charge in [0.25, 0.3) is 0 Å². The Morgan fingerprint density at radius 2 is 2.17 bits per heavy atom. The van der Waals surface area contributed by atoms with Crippen LogP contribution in [0.1, 0.15) is 13.3 Å². The van der Waals surface area contributed by atoms with Gasteiger partial charge in [-0.25, -0.2) is 4.39 Å². The van der Waals surface area contributed by atoms with E-state index in [4.69, 9.17) is 10.1 Å². The molecule has 0 radical (unpaired) electrons. The number of rotatable bonds is 4. The zero-order valence-corrected chi connectivity index (χ0v) is 10.6. The SMILES string of the molecule is CN/C=C(\C)C(=N)OC1CN(C(=O)[C@@H]2C[C@@H]2F)C1. The lowest BCUT2D eigenvalue weighted by Gasteiger charge is -2.39. The van der Waals surface area contributed by atoms with Gasteiger partial charge in [0.2, 0.25) is 11.8 Å². The number of halogens is 1. The highest BCUT2D eigenvalue weighted by Crippen LogP contribution is 2.36. The monoisotopic (exact) mass is 255 g/mol. The van der Waals surface area contributed by atoms with Gasteiger partial charge >= 0.3 is 0 Å². The Kier molecular flexibility index (Phi) is 3.54. The minimum Gasteiger partial charge on any atom is -0.471 e. The summed E-state index contributed by atoms with van der Waals surface area (Å²) in [7, 11) is 1.75. The van der Waals surface area contributed by atoms with Crippen LogP contribution in [0.4, 0.5) is 4.39 Å². The summed E-state index contributed by atoms with van der Waals surface area (Å²) >= 11 is 0. The molecule has 2 N–H and O–H groups in total. The molecule has 0 unspecified atom stereocenters. The Morgan fingerprint density at radius 1 is 1.56 bits per heavy atom. The summed E-state index contributed by atoms with van der Waals surface area (Å²) < 4.78 is 18.1. The Labute approximate surface area is 105 Å². The number of hydrogen-bond acceptors (Lipinski definition) is 4. The van der Waals surface area contributed by atoms with Crippen LogP contribution in [0.15, 0.2) is 11.8 Å². The van der Waals surface area contributed by atoms with Crippen molar-refractivity contribution in [2.45, 2.75) is 25.6 Å². The first-order valence-corrected chi connectivity index (χ1v) is 6.05. The van der Waals surface area contributed by atoms with Crippen molar-refractivity contribution >= 4 is 11.8 Å². The van der Waals surface area contributed by atoms with Crippen molar-refractivity contribution < 1.29 is 13.9 Å². The molecule has 1 saturated heterocycles. The van der Waals surface area contributed by atoms with Gasteiger partial charge in [-0.15, -0.1) is 0 Å². The van der Waals surface area contributed by atoms with Crippen LogP contribution in [0, 0.1) is 11.3 Å². The fraction of sp³-hybridized carbons (Fsp3) is 0.667. The number of nitrogens with zero attached hydrogens (tertiary/aromatic N) is 1. The largest absolute Gasteiger partial charge is 0.471 e. The summed E-state index contributed by atoms with van der Waals surface area (Å²) in [6.45, 7) is 2.69. The number of amides is 1. The predicted molar refractivity (Wildman–Crippen MR) is 65.0 cm³/mol. The zero-order chi connectivity index (χ0) is 13.3. The fourth-order valence-electron chi connectivity index (χ4n) is 1.89. The first kappa shape index (κ1) is 12.9. The highest BCUT2D eigenvalue weighted by molar-refractivity contribution is 5.90. The molecule has 2 fully saturated rings. The smallest absolute Gasteiger partial charge is 0.228 e. The molecule has 1 saturated carbocycles. The van der Waals surface area contributed by atoms with Crippen molar-refractivity contribution in [1.82, 2.24) is 10.2 Å². The molecule has 1 aliphatic carbocycles. The van der Waals surface area contributed by atoms with Gasteiger partial charge < -0.3 is 15.0 Å². The highest BCUT2D eigenvalue weighted by atomic mass is 19.1. The highest BCUT2D eigenvalue weighted by Gasteiger charge is 2.48. The maximum Gasteiger partial charge on any atom is 0.228 e. The third kappa shape index (κ3) is 2.63. The van der Waals surface area contributed by atoms with E-state index < -0.39 is 12.1 Å². The van der Waals surface area contributed by atoms with Gasteiger partial charge in [-0.2, -0.15) is 0 Å². The third-order valence-electron chi connectivity index (χ3n) is 3.19. The summed E-state index contributed by atoms with van der Waals surface area (Å²) in [5.74, 6) is -0.427. The molecule has 1 amide bonds. The maximum absolute atomic E-state index is 12.7. The minimum absolute atomic E-state index is 0.108. The first-order valence-electron chi connectivity index (χ1n) is 6.05. The van der Waals surface area contributed by atoms with Crippen LogP contribution < -0.4 is 5.32 Å². The molecule has 6 heteroatoms. The molecule has 0 aromatic rings. The third-order valence-corrected chi connectivity index (χ3v) is 3.19. The van der Waals surface area contributed by atoms with E-state index in [0.29, 0.717) is 25.1 Å². The van der Waals surface area contributed by atoms with Crippen LogP contribution >= 0.6 is 0 Å². The Balaban J connectivity index is 1.71. The van der Waals surface area contributed by atoms with Crippen LogP contribution in [0.3, 0.4) is 0 Å². The van der Waals surface area contributed by atoms with E-state index in [9.17, 15) is 9.18 Å². The molecule has 2 rings (SSSR count). The standard InChI is InChI=1S/C12H18FN3O2/c1-7(4-15-2)11(14)18-8-5-16(6-8)12(17)9-3-10(9)13/h4,8-10,14-15H,3,5-6H2,1-2H3/b7-4+,14-11?/t9-,10+/m1/s1. The predicted octanol–water partition coefficient (Wildman–Crippen LogP) is 0.672. The summed E-state index contributed by atoms with van der Waals surface area (Å²) in [5.41, 5.74) is 0.702. The average Bonchev–Trinajstić information content (AvgIpc) is 2.99. The van der Waals surface area contributed by atoms with E-state index >= 15 is 0 Å². The molecule has 0 aromatic carbocycles. The second kappa shape index (κ2) is 4.96. The number of hydrogen-bond donors (Lipinski definition) is 2. The van der Waals surface area contributed by atoms with Crippen molar-refractivity contribution in [2.24, 2.45) is 5.92 Å². The van der Waals surface area contributed by atoms with Gasteiger partial charge in [0.1, 0.15) is 12.3 Å². The second-order valence-corrected chi connectivity index (χ2v) is 4.79. The molecule has 2 atom stereocenters. The van der Waals surface area contributed by atoms with E-state index in [-0.39, 0.29) is 17.9 Å². The van der Waals surface area contributed by atoms with E-state index in [2.05, 4.69) is 5.32 Å². The molecule has 0 bridgehead atoms. The molecular formula is C12H18FN3O2. The van der Waals surface area contributed by atoms with Crippen molar-refractivity contribution in [3.63, 3.8) is 0 Å². The van der Waals surface area contributed by atoms with E-state index in [1.54, 1.807) is 25.1 Å². The molecule has 1 heterocycles. The van der Waals surface area contributed by atoms with Crippen LogP contribution in [-0.4, -0.2) is 49.1 Å². The Hall–Kier alpha value is -1.59. The average molecular weight is 255 g/mol. The fourth-order valence-corrected chi connectivity index (χ4v) is 1.89. The molecule has 1 aliphatic heterocycles. The van der Waals surface area contributed by atoms with Crippen LogP contribution in [0.5, 0.6) is 0 Å². The van der Waals surface area contributed by atoms with Crippen molar-refractivity contribution in [2.75, 3.05) is 20.1 Å². The van der Waals surface area contributed by atoms with Crippen molar-refractivity contribution in [3.05, 3.63) is 11.8 Å². The summed E-state index contributed by atoms with van der Waals surface area (Å²) in [4.78, 5) is 13.2. The molecule has 0 aromatic heterocycles. The van der Waals surface area contributed by atoms with Gasteiger partial charge in [-0.3, -0.25) is 10.2 Å². The second-order valence-electron chi connectivity index (χ2n) is 4.79. The lowest BCUT2D eigenvalue weighted by atomic mass is 10.1. The van der Waals surface area contributed by atoms with Crippen LogP contribution in [0.2, 0.25) is 0 Å². The van der Waals surface area contributed by atoms with Gasteiger partial charge in [0.05, 0.1) is 19.0 Å². The normalized spacial score (nSPS) is 27.5. The molecule has 0 spiro atoms. The molecular weight excluding hydrogens is 237 g/mol. The number of ether oxygens (including phenoxy) is 1. The summed E-state index contributed by atoms with van der Waals surface area (Å²) in [5, 5.41) is 10.5. The van der Waals surface area contributed by atoms with Gasteiger partial charge in [-0.05, 0) is 13.3 Å². The molecule has 18 heavy (non-hydrogen) atoms. The Bertz CT molecular complexity index is 391. The van der Waals surface area contributed by atoms with E-state index in [1.165, 1.54) is 0 Å². The quantitative estimate of drug-likeness (QED) is 0.573. The topological polar surface area (TPSA) is 65.4 Å². The lowest BCUT2D eigenvalue weighted by Crippen LogP contribution is -2.56. The number of carbonyl (C=O) groups excluding carboxylic acids is 1. The van der Waals surface area contributed by atoms with Gasteiger partial charge in [-0.1, -0.05) is 0 Å². The number of likely N-dealkylation sites (tertiary alicyclic amines) is 1. The molecule has 2 aliphatic rings. The maximum atomic E-state index is 12.7.